The number of anilines is 2. The number of carbonyl (C=O) groups is 1. The highest BCUT2D eigenvalue weighted by atomic mass is 16.5. The van der Waals surface area contributed by atoms with E-state index in [4.69, 9.17) is 4.74 Å². The molecule has 0 aliphatic carbocycles. The number of carbonyl (C=O) groups excluding carboxylic acids is 1. The Labute approximate surface area is 112 Å². The number of ether oxygens (including phenoxy) is 1. The number of para-hydroxylation sites is 1. The van der Waals surface area contributed by atoms with Crippen molar-refractivity contribution in [2.75, 3.05) is 5.32 Å². The molecule has 0 saturated heterocycles. The third-order valence-corrected chi connectivity index (χ3v) is 2.44. The molecule has 96 valence electrons. The zero-order valence-corrected chi connectivity index (χ0v) is 10.7. The number of esters is 1. The van der Waals surface area contributed by atoms with Crippen molar-refractivity contribution >= 4 is 17.3 Å². The largest absolute Gasteiger partial charge is 0.423 e. The molecule has 2 aromatic rings. The summed E-state index contributed by atoms with van der Waals surface area (Å²) in [5.41, 5.74) is 1.96. The molecule has 3 heteroatoms. The molecule has 1 N–H and O–H groups in total. The molecular weight excluding hydrogens is 238 g/mol. The maximum Gasteiger partial charge on any atom is 0.335 e. The first-order valence-corrected chi connectivity index (χ1v) is 6.04. The highest BCUT2D eigenvalue weighted by Gasteiger charge is 2.00. The fraction of sp³-hybridized carbons (Fsp3) is 0.0625. The first kappa shape index (κ1) is 12.9. The van der Waals surface area contributed by atoms with Crippen LogP contribution in [0.2, 0.25) is 0 Å². The summed E-state index contributed by atoms with van der Waals surface area (Å²) in [6, 6.07) is 17.1. The molecule has 0 aliphatic heterocycles. The van der Waals surface area contributed by atoms with Crippen molar-refractivity contribution in [3.05, 3.63) is 66.7 Å². The lowest BCUT2D eigenvalue weighted by molar-refractivity contribution is -0.129. The van der Waals surface area contributed by atoms with E-state index in [1.807, 2.05) is 42.5 Å². The minimum Gasteiger partial charge on any atom is -0.423 e. The van der Waals surface area contributed by atoms with Crippen molar-refractivity contribution in [2.45, 2.75) is 6.92 Å². The Morgan fingerprint density at radius 1 is 1.00 bits per heavy atom. The monoisotopic (exact) mass is 253 g/mol. The highest BCUT2D eigenvalue weighted by molar-refractivity contribution is 5.84. The lowest BCUT2D eigenvalue weighted by atomic mass is 10.2. The third kappa shape index (κ3) is 4.00. The quantitative estimate of drug-likeness (QED) is 0.510. The molecular formula is C16H15NO2. The van der Waals surface area contributed by atoms with Crippen LogP contribution in [0.25, 0.3) is 0 Å². The summed E-state index contributed by atoms with van der Waals surface area (Å²) in [4.78, 5) is 11.3. The van der Waals surface area contributed by atoms with Gasteiger partial charge in [0, 0.05) is 17.5 Å². The van der Waals surface area contributed by atoms with E-state index < -0.39 is 0 Å². The van der Waals surface area contributed by atoms with E-state index in [-0.39, 0.29) is 5.97 Å². The molecule has 2 rings (SSSR count). The molecule has 0 heterocycles. The van der Waals surface area contributed by atoms with Gasteiger partial charge in [0.2, 0.25) is 0 Å². The van der Waals surface area contributed by atoms with E-state index in [0.717, 1.165) is 11.4 Å². The molecule has 19 heavy (non-hydrogen) atoms. The van der Waals surface area contributed by atoms with Crippen molar-refractivity contribution in [1.82, 2.24) is 0 Å². The highest BCUT2D eigenvalue weighted by Crippen LogP contribution is 2.19. The minimum atomic E-state index is -0.369. The van der Waals surface area contributed by atoms with Crippen LogP contribution in [0.4, 0.5) is 11.4 Å². The van der Waals surface area contributed by atoms with Crippen LogP contribution in [-0.2, 0) is 4.79 Å². The first-order chi connectivity index (χ1) is 9.28. The van der Waals surface area contributed by atoms with Crippen molar-refractivity contribution in [1.29, 1.82) is 0 Å². The second-order valence-corrected chi connectivity index (χ2v) is 3.94. The molecule has 0 aliphatic rings. The molecule has 0 unspecified atom stereocenters. The van der Waals surface area contributed by atoms with Gasteiger partial charge in [-0.2, -0.15) is 0 Å². The molecule has 0 saturated carbocycles. The summed E-state index contributed by atoms with van der Waals surface area (Å²) in [7, 11) is 0. The molecule has 0 amide bonds. The van der Waals surface area contributed by atoms with Crippen LogP contribution in [0.15, 0.2) is 66.7 Å². The normalized spacial score (nSPS) is 10.4. The van der Waals surface area contributed by atoms with Crippen LogP contribution in [0.5, 0.6) is 5.75 Å². The van der Waals surface area contributed by atoms with Crippen molar-refractivity contribution < 1.29 is 9.53 Å². The zero-order valence-electron chi connectivity index (χ0n) is 10.7. The van der Waals surface area contributed by atoms with Crippen molar-refractivity contribution in [2.24, 2.45) is 0 Å². The molecule has 0 fully saturated rings. The maximum atomic E-state index is 11.3. The van der Waals surface area contributed by atoms with Gasteiger partial charge in [0.05, 0.1) is 0 Å². The van der Waals surface area contributed by atoms with E-state index in [0.29, 0.717) is 5.75 Å². The molecule has 0 radical (unpaired) electrons. The minimum absolute atomic E-state index is 0.369. The van der Waals surface area contributed by atoms with Crippen molar-refractivity contribution in [3.63, 3.8) is 0 Å². The summed E-state index contributed by atoms with van der Waals surface area (Å²) >= 11 is 0. The Morgan fingerprint density at radius 3 is 2.26 bits per heavy atom. The standard InChI is InChI=1S/C16H15NO2/c1-2-6-16(18)19-15-11-9-14(10-12-15)17-13-7-4-3-5-8-13/h2-12,17H,1H3/b6-2+. The number of allylic oxidation sites excluding steroid dienone is 1. The fourth-order valence-electron chi connectivity index (χ4n) is 1.58. The summed E-state index contributed by atoms with van der Waals surface area (Å²) in [5, 5.41) is 3.26. The summed E-state index contributed by atoms with van der Waals surface area (Å²) in [6.45, 7) is 1.77. The Bertz CT molecular complexity index is 559. The summed E-state index contributed by atoms with van der Waals surface area (Å²) in [6.07, 6.45) is 3.03. The topological polar surface area (TPSA) is 38.3 Å². The summed E-state index contributed by atoms with van der Waals surface area (Å²) in [5.74, 6) is 0.160. The lowest BCUT2D eigenvalue weighted by Gasteiger charge is -2.07. The predicted octanol–water partition coefficient (Wildman–Crippen LogP) is 3.91. The molecule has 0 atom stereocenters. The Balaban J connectivity index is 2.00. The average Bonchev–Trinajstić information content (AvgIpc) is 2.42. The van der Waals surface area contributed by atoms with E-state index in [2.05, 4.69) is 5.32 Å². The van der Waals surface area contributed by atoms with E-state index in [1.54, 1.807) is 25.1 Å². The average molecular weight is 253 g/mol. The second kappa shape index (κ2) is 6.40. The van der Waals surface area contributed by atoms with Crippen molar-refractivity contribution in [3.8, 4) is 5.75 Å². The van der Waals surface area contributed by atoms with Crippen LogP contribution in [0.3, 0.4) is 0 Å². The second-order valence-electron chi connectivity index (χ2n) is 3.94. The van der Waals surface area contributed by atoms with E-state index in [1.165, 1.54) is 6.08 Å². The lowest BCUT2D eigenvalue weighted by Crippen LogP contribution is -2.03. The van der Waals surface area contributed by atoms with Gasteiger partial charge < -0.3 is 10.1 Å². The number of hydrogen-bond acceptors (Lipinski definition) is 3. The molecule has 0 aromatic heterocycles. The first-order valence-electron chi connectivity index (χ1n) is 6.04. The van der Waals surface area contributed by atoms with Crippen LogP contribution < -0.4 is 10.1 Å². The van der Waals surface area contributed by atoms with Gasteiger partial charge in [0.15, 0.2) is 0 Å². The predicted molar refractivity (Wildman–Crippen MR) is 76.6 cm³/mol. The fourth-order valence-corrected chi connectivity index (χ4v) is 1.58. The Kier molecular flexibility index (Phi) is 4.34. The van der Waals surface area contributed by atoms with Gasteiger partial charge in [-0.25, -0.2) is 4.79 Å². The van der Waals surface area contributed by atoms with Gasteiger partial charge >= 0.3 is 5.97 Å². The maximum absolute atomic E-state index is 11.3. The molecule has 0 bridgehead atoms. The van der Waals surface area contributed by atoms with Gasteiger partial charge in [-0.05, 0) is 43.3 Å². The third-order valence-electron chi connectivity index (χ3n) is 2.44. The number of rotatable bonds is 4. The smallest absolute Gasteiger partial charge is 0.335 e. The van der Waals surface area contributed by atoms with Gasteiger partial charge in [-0.1, -0.05) is 24.3 Å². The molecule has 3 nitrogen and oxygen atoms in total. The SMILES string of the molecule is C/C=C/C(=O)Oc1ccc(Nc2ccccc2)cc1. The molecule has 2 aromatic carbocycles. The number of nitrogens with one attached hydrogen (secondary N) is 1. The number of hydrogen-bond donors (Lipinski definition) is 1. The van der Waals surface area contributed by atoms with E-state index >= 15 is 0 Å². The van der Waals surface area contributed by atoms with Gasteiger partial charge in [0.1, 0.15) is 5.75 Å². The zero-order chi connectivity index (χ0) is 13.5. The van der Waals surface area contributed by atoms with Crippen LogP contribution in [0, 0.1) is 0 Å². The molecule has 0 spiro atoms. The van der Waals surface area contributed by atoms with Gasteiger partial charge in [0.25, 0.3) is 0 Å². The summed E-state index contributed by atoms with van der Waals surface area (Å²) < 4.78 is 5.11. The Hall–Kier alpha value is -2.55. The van der Waals surface area contributed by atoms with Gasteiger partial charge in [-0.3, -0.25) is 0 Å². The Morgan fingerprint density at radius 2 is 1.63 bits per heavy atom. The van der Waals surface area contributed by atoms with E-state index in [9.17, 15) is 4.79 Å². The van der Waals surface area contributed by atoms with Gasteiger partial charge in [-0.15, -0.1) is 0 Å². The number of benzene rings is 2. The van der Waals surface area contributed by atoms with Crippen LogP contribution in [0.1, 0.15) is 6.92 Å². The van der Waals surface area contributed by atoms with Crippen LogP contribution in [-0.4, -0.2) is 5.97 Å². The van der Waals surface area contributed by atoms with Crippen LogP contribution >= 0.6 is 0 Å².